The predicted molar refractivity (Wildman–Crippen MR) is 104 cm³/mol. The molecule has 0 N–H and O–H groups in total. The lowest BCUT2D eigenvalue weighted by Crippen LogP contribution is -2.44. The number of carbonyl (C=O) groups is 5. The van der Waals surface area contributed by atoms with E-state index in [0.717, 1.165) is 4.90 Å². The Labute approximate surface area is 169 Å². The Morgan fingerprint density at radius 1 is 1.21 bits per heavy atom. The highest BCUT2D eigenvalue weighted by Crippen LogP contribution is 2.30. The van der Waals surface area contributed by atoms with E-state index in [-0.39, 0.29) is 36.3 Å². The lowest BCUT2D eigenvalue weighted by atomic mass is 10.0. The van der Waals surface area contributed by atoms with Crippen LogP contribution < -0.4 is 0 Å². The van der Waals surface area contributed by atoms with Crippen molar-refractivity contribution in [2.75, 3.05) is 7.05 Å². The third kappa shape index (κ3) is 4.88. The monoisotopic (exact) mass is 402 g/mol. The summed E-state index contributed by atoms with van der Waals surface area (Å²) in [5.41, 5.74) is 0.168. The van der Waals surface area contributed by atoms with E-state index >= 15 is 0 Å². The summed E-state index contributed by atoms with van der Waals surface area (Å²) in [6.45, 7) is 6.60. The lowest BCUT2D eigenvalue weighted by molar-refractivity contribution is -0.121. The third-order valence-electron chi connectivity index (χ3n) is 4.48. The van der Waals surface area contributed by atoms with Crippen LogP contribution in [0.15, 0.2) is 18.2 Å². The molecule has 0 saturated carbocycles. The van der Waals surface area contributed by atoms with Crippen molar-refractivity contribution in [1.29, 1.82) is 0 Å². The number of benzene rings is 1. The summed E-state index contributed by atoms with van der Waals surface area (Å²) >= 11 is 0. The number of ether oxygens (including phenoxy) is 1. The normalized spacial score (nSPS) is 14.4. The molecule has 8 heteroatoms. The van der Waals surface area contributed by atoms with E-state index < -0.39 is 29.6 Å². The van der Waals surface area contributed by atoms with Gasteiger partial charge < -0.3 is 14.4 Å². The molecule has 156 valence electrons. The molecular formula is C21H26N2O6. The maximum Gasteiger partial charge on any atom is 0.410 e. The molecule has 1 atom stereocenters. The lowest BCUT2D eigenvalue weighted by Gasteiger charge is -2.25. The van der Waals surface area contributed by atoms with Crippen molar-refractivity contribution in [2.45, 2.75) is 58.7 Å². The molecule has 0 fully saturated rings. The van der Waals surface area contributed by atoms with Crippen molar-refractivity contribution in [3.8, 4) is 0 Å². The third-order valence-corrected chi connectivity index (χ3v) is 4.48. The number of fused-ring (bicyclic) bond motifs is 1. The minimum absolute atomic E-state index is 0.0595. The summed E-state index contributed by atoms with van der Waals surface area (Å²) < 4.78 is 5.32. The fourth-order valence-electron chi connectivity index (χ4n) is 3.19. The first-order valence-electron chi connectivity index (χ1n) is 9.36. The van der Waals surface area contributed by atoms with E-state index in [1.807, 2.05) is 0 Å². The molecule has 0 saturated heterocycles. The summed E-state index contributed by atoms with van der Waals surface area (Å²) in [6, 6.07) is 3.80. The van der Waals surface area contributed by atoms with Crippen LogP contribution in [-0.4, -0.2) is 58.5 Å². The summed E-state index contributed by atoms with van der Waals surface area (Å²) in [5, 5.41) is 0. The maximum absolute atomic E-state index is 13.0. The highest BCUT2D eigenvalue weighted by molar-refractivity contribution is 6.23. The standard InChI is InChI=1S/C21H26N2O6/c1-13(25)16(10-7-11-24)23-18(26)15-9-6-8-14(17(15)19(23)27)12-22(5)20(28)29-21(2,3)4/h6,8-9,11,16H,7,10,12H2,1-5H3. The second-order valence-electron chi connectivity index (χ2n) is 8.03. The molecule has 3 amide bonds. The SMILES string of the molecule is CC(=O)C(CCC=O)N1C(=O)c2cccc(CN(C)C(=O)OC(C)(C)C)c2C1=O. The Morgan fingerprint density at radius 2 is 1.86 bits per heavy atom. The zero-order chi connectivity index (χ0) is 21.9. The van der Waals surface area contributed by atoms with Gasteiger partial charge in [-0.05, 0) is 45.7 Å². The number of hydrogen-bond donors (Lipinski definition) is 0. The van der Waals surface area contributed by atoms with Gasteiger partial charge in [0.15, 0.2) is 5.78 Å². The summed E-state index contributed by atoms with van der Waals surface area (Å²) in [6.07, 6.45) is 0.231. The van der Waals surface area contributed by atoms with Gasteiger partial charge in [0.2, 0.25) is 0 Å². The fourth-order valence-corrected chi connectivity index (χ4v) is 3.19. The van der Waals surface area contributed by atoms with Crippen LogP contribution in [0.2, 0.25) is 0 Å². The van der Waals surface area contributed by atoms with Gasteiger partial charge in [-0.25, -0.2) is 4.79 Å². The van der Waals surface area contributed by atoms with Crippen LogP contribution in [0.1, 0.15) is 66.8 Å². The highest BCUT2D eigenvalue weighted by atomic mass is 16.6. The maximum atomic E-state index is 13.0. The summed E-state index contributed by atoms with van der Waals surface area (Å²) in [7, 11) is 1.54. The minimum Gasteiger partial charge on any atom is -0.444 e. The van der Waals surface area contributed by atoms with E-state index in [9.17, 15) is 24.0 Å². The summed E-state index contributed by atoms with van der Waals surface area (Å²) in [4.78, 5) is 63.1. The molecule has 0 aromatic heterocycles. The summed E-state index contributed by atoms with van der Waals surface area (Å²) in [5.74, 6) is -1.53. The van der Waals surface area contributed by atoms with Crippen molar-refractivity contribution >= 4 is 30.0 Å². The number of amides is 3. The molecule has 2 rings (SSSR count). The Morgan fingerprint density at radius 3 is 2.41 bits per heavy atom. The first-order chi connectivity index (χ1) is 13.5. The van der Waals surface area contributed by atoms with Crippen molar-refractivity contribution in [1.82, 2.24) is 9.80 Å². The van der Waals surface area contributed by atoms with Gasteiger partial charge in [-0.1, -0.05) is 12.1 Å². The number of carbonyl (C=O) groups excluding carboxylic acids is 5. The first kappa shape index (κ1) is 22.3. The molecule has 1 aliphatic heterocycles. The van der Waals surface area contributed by atoms with Crippen LogP contribution in [-0.2, 0) is 20.9 Å². The van der Waals surface area contributed by atoms with Crippen molar-refractivity contribution in [2.24, 2.45) is 0 Å². The Kier molecular flexibility index (Phi) is 6.56. The molecule has 1 aromatic carbocycles. The van der Waals surface area contributed by atoms with E-state index in [4.69, 9.17) is 4.74 Å². The molecule has 0 bridgehead atoms. The number of aldehydes is 1. The average molecular weight is 402 g/mol. The molecular weight excluding hydrogens is 376 g/mol. The molecule has 8 nitrogen and oxygen atoms in total. The molecule has 0 aliphatic carbocycles. The van der Waals surface area contributed by atoms with E-state index in [0.29, 0.717) is 11.8 Å². The van der Waals surface area contributed by atoms with E-state index in [1.54, 1.807) is 32.9 Å². The van der Waals surface area contributed by atoms with Crippen LogP contribution in [0, 0.1) is 0 Å². The number of ketones is 1. The van der Waals surface area contributed by atoms with Crippen LogP contribution in [0.25, 0.3) is 0 Å². The van der Waals surface area contributed by atoms with Crippen LogP contribution in [0.5, 0.6) is 0 Å². The van der Waals surface area contributed by atoms with Crippen molar-refractivity contribution < 1.29 is 28.7 Å². The minimum atomic E-state index is -0.996. The van der Waals surface area contributed by atoms with E-state index in [1.165, 1.54) is 24.9 Å². The molecule has 1 unspecified atom stereocenters. The number of imide groups is 1. The van der Waals surface area contributed by atoms with Gasteiger partial charge in [-0.15, -0.1) is 0 Å². The van der Waals surface area contributed by atoms with Crippen LogP contribution >= 0.6 is 0 Å². The second kappa shape index (κ2) is 8.55. The predicted octanol–water partition coefficient (Wildman–Crippen LogP) is 2.59. The van der Waals surface area contributed by atoms with Gasteiger partial charge in [-0.3, -0.25) is 19.3 Å². The molecule has 1 aliphatic rings. The number of Topliss-reactive ketones (excluding diaryl/α,β-unsaturated/α-hetero) is 1. The van der Waals surface area contributed by atoms with Crippen molar-refractivity contribution in [3.05, 3.63) is 34.9 Å². The van der Waals surface area contributed by atoms with Gasteiger partial charge >= 0.3 is 6.09 Å². The molecule has 0 radical (unpaired) electrons. The van der Waals surface area contributed by atoms with Gasteiger partial charge in [0.25, 0.3) is 11.8 Å². The molecule has 0 spiro atoms. The van der Waals surface area contributed by atoms with Gasteiger partial charge in [-0.2, -0.15) is 0 Å². The largest absolute Gasteiger partial charge is 0.444 e. The Hall–Kier alpha value is -3.03. The second-order valence-corrected chi connectivity index (χ2v) is 8.03. The molecule has 1 heterocycles. The Bertz CT molecular complexity index is 855. The van der Waals surface area contributed by atoms with E-state index in [2.05, 4.69) is 0 Å². The zero-order valence-electron chi connectivity index (χ0n) is 17.4. The van der Waals surface area contributed by atoms with Crippen LogP contribution in [0.3, 0.4) is 0 Å². The average Bonchev–Trinajstić information content (AvgIpc) is 2.86. The number of hydrogen-bond acceptors (Lipinski definition) is 6. The van der Waals surface area contributed by atoms with Gasteiger partial charge in [0, 0.05) is 20.0 Å². The van der Waals surface area contributed by atoms with Crippen molar-refractivity contribution in [3.63, 3.8) is 0 Å². The topological polar surface area (TPSA) is 101 Å². The van der Waals surface area contributed by atoms with Gasteiger partial charge in [0.1, 0.15) is 11.9 Å². The van der Waals surface area contributed by atoms with Gasteiger partial charge in [0.05, 0.1) is 17.2 Å². The smallest absolute Gasteiger partial charge is 0.410 e. The molecule has 29 heavy (non-hydrogen) atoms. The fraction of sp³-hybridized carbons (Fsp3) is 0.476. The van der Waals surface area contributed by atoms with Crippen LogP contribution in [0.4, 0.5) is 4.79 Å². The molecule has 1 aromatic rings. The Balaban J connectivity index is 2.33. The zero-order valence-corrected chi connectivity index (χ0v) is 17.4. The number of rotatable bonds is 7. The number of nitrogens with zero attached hydrogens (tertiary/aromatic N) is 2. The first-order valence-corrected chi connectivity index (χ1v) is 9.36. The highest BCUT2D eigenvalue weighted by Gasteiger charge is 2.42. The quantitative estimate of drug-likeness (QED) is 0.513.